The van der Waals surface area contributed by atoms with Crippen LogP contribution in [0.15, 0.2) is 136 Å². The summed E-state index contributed by atoms with van der Waals surface area (Å²) in [5.41, 5.74) is 11.7. The van der Waals surface area contributed by atoms with Crippen LogP contribution in [-0.4, -0.2) is 15.0 Å². The molecule has 5 aliphatic rings. The van der Waals surface area contributed by atoms with Gasteiger partial charge in [0.25, 0.3) is 0 Å². The molecule has 0 N–H and O–H groups in total. The predicted octanol–water partition coefficient (Wildman–Crippen LogP) is 12.4. The molecule has 258 valence electrons. The van der Waals surface area contributed by atoms with Crippen molar-refractivity contribution < 1.29 is 8.83 Å². The lowest BCUT2D eigenvalue weighted by Crippen LogP contribution is -2.55. The highest BCUT2D eigenvalue weighted by Gasteiger charge is 2.62. The molecular weight excluding hydrogens is 663 g/mol. The van der Waals surface area contributed by atoms with Gasteiger partial charge < -0.3 is 8.83 Å². The first-order valence-corrected chi connectivity index (χ1v) is 19.5. The van der Waals surface area contributed by atoms with Gasteiger partial charge in [-0.3, -0.25) is 0 Å². The second-order valence-corrected chi connectivity index (χ2v) is 16.3. The number of hydrogen-bond acceptors (Lipinski definition) is 5. The Balaban J connectivity index is 1.11. The van der Waals surface area contributed by atoms with E-state index in [2.05, 4.69) is 103 Å². The average molecular weight is 698 g/mol. The number of rotatable bonds is 3. The van der Waals surface area contributed by atoms with Gasteiger partial charge in [-0.2, -0.15) is 0 Å². The summed E-state index contributed by atoms with van der Waals surface area (Å²) in [6.45, 7) is 0. The van der Waals surface area contributed by atoms with Crippen LogP contribution in [0.5, 0.6) is 0 Å². The number of nitrogens with zero attached hydrogens (tertiary/aromatic N) is 3. The monoisotopic (exact) mass is 697 g/mol. The molecule has 0 saturated heterocycles. The molecular formula is C49H35N3O2. The number of hydrogen-bond donors (Lipinski definition) is 0. The average Bonchev–Trinajstić information content (AvgIpc) is 3.88. The van der Waals surface area contributed by atoms with E-state index in [1.54, 1.807) is 0 Å². The van der Waals surface area contributed by atoms with E-state index >= 15 is 0 Å². The summed E-state index contributed by atoms with van der Waals surface area (Å²) in [4.78, 5) is 16.2. The van der Waals surface area contributed by atoms with E-state index in [-0.39, 0.29) is 5.41 Å². The van der Waals surface area contributed by atoms with Crippen LogP contribution < -0.4 is 0 Å². The van der Waals surface area contributed by atoms with Crippen LogP contribution >= 0.6 is 0 Å². The minimum atomic E-state index is -0.0413. The van der Waals surface area contributed by atoms with Crippen LogP contribution in [-0.2, 0) is 5.41 Å². The molecule has 3 aromatic heterocycles. The lowest BCUT2D eigenvalue weighted by molar-refractivity contribution is -0.0397. The maximum absolute atomic E-state index is 6.59. The number of benzene rings is 6. The summed E-state index contributed by atoms with van der Waals surface area (Å²) >= 11 is 0. The van der Waals surface area contributed by atoms with Gasteiger partial charge in [0.2, 0.25) is 0 Å². The van der Waals surface area contributed by atoms with Crippen molar-refractivity contribution in [1.29, 1.82) is 0 Å². The minimum Gasteiger partial charge on any atom is -0.455 e. The fraction of sp³-hybridized carbons (Fsp3) is 0.204. The third-order valence-corrected chi connectivity index (χ3v) is 13.7. The fourth-order valence-corrected chi connectivity index (χ4v) is 12.0. The molecule has 9 aromatic rings. The van der Waals surface area contributed by atoms with Gasteiger partial charge in [-0.1, -0.05) is 103 Å². The summed E-state index contributed by atoms with van der Waals surface area (Å²) in [5.74, 6) is 4.84. The Bertz CT molecular complexity index is 2880. The van der Waals surface area contributed by atoms with Gasteiger partial charge in [-0.15, -0.1) is 0 Å². The quantitative estimate of drug-likeness (QED) is 0.184. The van der Waals surface area contributed by atoms with Crippen LogP contribution in [0.3, 0.4) is 0 Å². The van der Waals surface area contributed by atoms with Crippen molar-refractivity contribution in [1.82, 2.24) is 15.0 Å². The van der Waals surface area contributed by atoms with E-state index in [9.17, 15) is 0 Å². The highest BCUT2D eigenvalue weighted by molar-refractivity contribution is 6.10. The van der Waals surface area contributed by atoms with Crippen LogP contribution in [0.25, 0.3) is 89.2 Å². The van der Waals surface area contributed by atoms with Crippen LogP contribution in [0, 0.1) is 23.7 Å². The molecule has 4 fully saturated rings. The van der Waals surface area contributed by atoms with Crippen molar-refractivity contribution in [3.8, 4) is 45.3 Å². The van der Waals surface area contributed by atoms with Crippen molar-refractivity contribution in [3.05, 3.63) is 139 Å². The Morgan fingerprint density at radius 3 is 1.46 bits per heavy atom. The van der Waals surface area contributed by atoms with Gasteiger partial charge in [0.05, 0.1) is 11.1 Å². The number of aromatic nitrogens is 3. The van der Waals surface area contributed by atoms with E-state index < -0.39 is 0 Å². The zero-order valence-electron chi connectivity index (χ0n) is 29.6. The topological polar surface area (TPSA) is 65.0 Å². The second-order valence-electron chi connectivity index (χ2n) is 16.3. The molecule has 6 aromatic carbocycles. The van der Waals surface area contributed by atoms with Gasteiger partial charge in [0.1, 0.15) is 22.3 Å². The van der Waals surface area contributed by atoms with Gasteiger partial charge >= 0.3 is 0 Å². The van der Waals surface area contributed by atoms with Crippen LogP contribution in [0.1, 0.15) is 43.2 Å². The van der Waals surface area contributed by atoms with E-state index in [0.717, 1.165) is 72.4 Å². The standard InChI is InChI=1S/C49H35N3O2/c1-4-19-40-31(10-1)34-13-7-16-37(43(34)49(40)29-23-27-22-28(25-29)26-30(49)24-27)46-50-47(38-17-8-14-35-32-11-2-5-20-41(32)53-44(35)38)52-48(51-46)39-18-9-15-36-33-12-3-6-21-42(33)54-45(36)39/h1-21,27-30H,22-26H2. The molecule has 0 radical (unpaired) electrons. The maximum Gasteiger partial charge on any atom is 0.167 e. The highest BCUT2D eigenvalue weighted by atomic mass is 16.3. The lowest BCUT2D eigenvalue weighted by Gasteiger charge is -2.61. The summed E-state index contributed by atoms with van der Waals surface area (Å²) in [5, 5.41) is 4.26. The lowest BCUT2D eigenvalue weighted by atomic mass is 9.43. The van der Waals surface area contributed by atoms with E-state index in [1.807, 2.05) is 24.3 Å². The first kappa shape index (κ1) is 29.4. The molecule has 0 unspecified atom stereocenters. The van der Waals surface area contributed by atoms with Gasteiger partial charge in [0.15, 0.2) is 17.5 Å². The van der Waals surface area contributed by atoms with Gasteiger partial charge in [0, 0.05) is 32.5 Å². The summed E-state index contributed by atoms with van der Waals surface area (Å²) in [6.07, 6.45) is 6.66. The van der Waals surface area contributed by atoms with E-state index in [4.69, 9.17) is 23.8 Å². The molecule has 3 heterocycles. The molecule has 1 spiro atoms. The summed E-state index contributed by atoms with van der Waals surface area (Å²) in [7, 11) is 0. The van der Waals surface area contributed by atoms with Gasteiger partial charge in [-0.05, 0) is 102 Å². The van der Waals surface area contributed by atoms with Crippen molar-refractivity contribution in [2.75, 3.05) is 0 Å². The third kappa shape index (κ3) is 3.76. The first-order valence-electron chi connectivity index (χ1n) is 19.5. The van der Waals surface area contributed by atoms with Crippen molar-refractivity contribution >= 4 is 43.9 Å². The normalized spacial score (nSPS) is 23.6. The molecule has 4 bridgehead atoms. The molecule has 0 aliphatic heterocycles. The number of furan rings is 2. The Labute approximate surface area is 311 Å². The first-order chi connectivity index (χ1) is 26.7. The largest absolute Gasteiger partial charge is 0.455 e. The Morgan fingerprint density at radius 1 is 0.407 bits per heavy atom. The van der Waals surface area contributed by atoms with Gasteiger partial charge in [-0.25, -0.2) is 15.0 Å². The zero-order valence-corrected chi connectivity index (χ0v) is 29.6. The predicted molar refractivity (Wildman–Crippen MR) is 214 cm³/mol. The van der Waals surface area contributed by atoms with E-state index in [1.165, 1.54) is 54.4 Å². The van der Waals surface area contributed by atoms with Crippen LogP contribution in [0.4, 0.5) is 0 Å². The molecule has 5 heteroatoms. The Hall–Kier alpha value is -6.07. The molecule has 54 heavy (non-hydrogen) atoms. The zero-order chi connectivity index (χ0) is 35.1. The SMILES string of the molecule is c1ccc2c(c1)-c1cccc(-c3nc(-c4cccc5c4oc4ccccc45)nc(-c4cccc5c4oc4ccccc45)n3)c1C21C2CC3CC(C2)CC1C3. The van der Waals surface area contributed by atoms with Crippen molar-refractivity contribution in [2.45, 2.75) is 37.5 Å². The third-order valence-electron chi connectivity index (χ3n) is 13.7. The molecule has 5 aliphatic carbocycles. The Kier molecular flexibility index (Phi) is 5.74. The second kappa shape index (κ2) is 10.5. The maximum atomic E-state index is 6.59. The van der Waals surface area contributed by atoms with Crippen molar-refractivity contribution in [3.63, 3.8) is 0 Å². The molecule has 5 nitrogen and oxygen atoms in total. The van der Waals surface area contributed by atoms with E-state index in [0.29, 0.717) is 29.3 Å². The highest BCUT2D eigenvalue weighted by Crippen LogP contribution is 2.70. The summed E-state index contributed by atoms with van der Waals surface area (Å²) < 4.78 is 13.2. The van der Waals surface area contributed by atoms with Crippen LogP contribution in [0.2, 0.25) is 0 Å². The molecule has 4 saturated carbocycles. The molecule has 14 rings (SSSR count). The number of para-hydroxylation sites is 4. The molecule has 0 atom stereocenters. The minimum absolute atomic E-state index is 0.0413. The smallest absolute Gasteiger partial charge is 0.167 e. The van der Waals surface area contributed by atoms with Crippen molar-refractivity contribution in [2.24, 2.45) is 23.7 Å². The molecule has 0 amide bonds. The number of fused-ring (bicyclic) bond motifs is 9. The summed E-state index contributed by atoms with van der Waals surface area (Å²) in [6, 6.07) is 45.2. The fourth-order valence-electron chi connectivity index (χ4n) is 12.0. The Morgan fingerprint density at radius 2 is 0.852 bits per heavy atom.